The van der Waals surface area contributed by atoms with Gasteiger partial charge in [0.2, 0.25) is 5.91 Å². The number of amides is 1. The number of benzene rings is 3. The van der Waals surface area contributed by atoms with Gasteiger partial charge in [-0.05, 0) is 55.7 Å². The Kier molecular flexibility index (Phi) is 6.89. The maximum atomic E-state index is 12.5. The van der Waals surface area contributed by atoms with Crippen LogP contribution in [0.4, 0.5) is 0 Å². The number of nitrogens with one attached hydrogen (secondary N) is 1. The number of ether oxygens (including phenoxy) is 1. The molecular weight excluding hydrogens is 410 g/mol. The molecule has 0 aliphatic rings. The van der Waals surface area contributed by atoms with Crippen molar-refractivity contribution in [1.82, 2.24) is 14.9 Å². The molecule has 0 aliphatic heterocycles. The summed E-state index contributed by atoms with van der Waals surface area (Å²) < 4.78 is 8.28. The van der Waals surface area contributed by atoms with Gasteiger partial charge in [-0.15, -0.1) is 0 Å². The van der Waals surface area contributed by atoms with Gasteiger partial charge < -0.3 is 14.6 Å². The van der Waals surface area contributed by atoms with E-state index in [0.717, 1.165) is 39.3 Å². The van der Waals surface area contributed by atoms with E-state index >= 15 is 0 Å². The number of hydrogen-bond donors (Lipinski definition) is 1. The van der Waals surface area contributed by atoms with Crippen LogP contribution in [0.5, 0.6) is 5.75 Å². The van der Waals surface area contributed by atoms with Crippen molar-refractivity contribution in [3.05, 3.63) is 101 Å². The van der Waals surface area contributed by atoms with E-state index in [9.17, 15) is 4.79 Å². The molecule has 0 aliphatic carbocycles. The fourth-order valence-electron chi connectivity index (χ4n) is 3.99. The summed E-state index contributed by atoms with van der Waals surface area (Å²) in [5.74, 6) is 1.58. The molecule has 1 unspecified atom stereocenters. The van der Waals surface area contributed by atoms with E-state index < -0.39 is 0 Å². The van der Waals surface area contributed by atoms with Crippen LogP contribution >= 0.6 is 0 Å². The quantitative estimate of drug-likeness (QED) is 0.362. The van der Waals surface area contributed by atoms with Crippen molar-refractivity contribution in [2.75, 3.05) is 6.61 Å². The largest absolute Gasteiger partial charge is 0.491 e. The van der Waals surface area contributed by atoms with Crippen LogP contribution in [-0.2, 0) is 11.3 Å². The number of fused-ring (bicyclic) bond motifs is 1. The lowest BCUT2D eigenvalue weighted by atomic mass is 10.1. The Bertz CT molecular complexity index is 1250. The number of rotatable bonds is 8. The van der Waals surface area contributed by atoms with Gasteiger partial charge >= 0.3 is 0 Å². The molecule has 3 aromatic carbocycles. The average Bonchev–Trinajstić information content (AvgIpc) is 3.19. The maximum Gasteiger partial charge on any atom is 0.244 e. The van der Waals surface area contributed by atoms with Gasteiger partial charge in [-0.25, -0.2) is 4.98 Å². The van der Waals surface area contributed by atoms with Crippen molar-refractivity contribution in [1.29, 1.82) is 0 Å². The summed E-state index contributed by atoms with van der Waals surface area (Å²) in [6, 6.07) is 23.7. The zero-order chi connectivity index (χ0) is 23.2. The monoisotopic (exact) mass is 439 g/mol. The van der Waals surface area contributed by atoms with E-state index in [4.69, 9.17) is 9.72 Å². The Hall–Kier alpha value is -3.86. The maximum absolute atomic E-state index is 12.5. The number of carbonyl (C=O) groups excluding carboxylic acids is 1. The fraction of sp³-hybridized carbons (Fsp3) is 0.214. The number of hydrogen-bond acceptors (Lipinski definition) is 3. The fourth-order valence-corrected chi connectivity index (χ4v) is 3.99. The topological polar surface area (TPSA) is 56.1 Å². The first kappa shape index (κ1) is 22.3. The molecule has 0 bridgehead atoms. The molecule has 33 heavy (non-hydrogen) atoms. The van der Waals surface area contributed by atoms with E-state index in [-0.39, 0.29) is 11.9 Å². The Morgan fingerprint density at radius 3 is 2.45 bits per heavy atom. The van der Waals surface area contributed by atoms with E-state index in [2.05, 4.69) is 41.9 Å². The van der Waals surface area contributed by atoms with Crippen LogP contribution in [-0.4, -0.2) is 22.1 Å². The highest BCUT2D eigenvalue weighted by atomic mass is 16.5. The summed E-state index contributed by atoms with van der Waals surface area (Å²) >= 11 is 0. The molecule has 1 aromatic heterocycles. The van der Waals surface area contributed by atoms with Crippen molar-refractivity contribution >= 4 is 23.0 Å². The molecule has 0 saturated carbocycles. The van der Waals surface area contributed by atoms with Crippen molar-refractivity contribution in [2.24, 2.45) is 0 Å². The second-order valence-electron chi connectivity index (χ2n) is 8.15. The lowest BCUT2D eigenvalue weighted by molar-refractivity contribution is -0.117. The third-order valence-corrected chi connectivity index (χ3v) is 5.63. The average molecular weight is 440 g/mol. The van der Waals surface area contributed by atoms with Crippen LogP contribution in [0.25, 0.3) is 17.1 Å². The Morgan fingerprint density at radius 1 is 1.00 bits per heavy atom. The highest BCUT2D eigenvalue weighted by molar-refractivity contribution is 5.92. The van der Waals surface area contributed by atoms with E-state index in [1.165, 1.54) is 0 Å². The SMILES string of the molecule is Cc1cccc(C)c1OCCn1c(C(C)NC(=O)/C=C\c2ccccc2)nc2ccccc21. The second-order valence-corrected chi connectivity index (χ2v) is 8.15. The summed E-state index contributed by atoms with van der Waals surface area (Å²) in [4.78, 5) is 17.4. The van der Waals surface area contributed by atoms with Gasteiger partial charge in [0.25, 0.3) is 0 Å². The molecule has 1 atom stereocenters. The number of aromatic nitrogens is 2. The summed E-state index contributed by atoms with van der Waals surface area (Å²) in [6.45, 7) is 7.21. The Balaban J connectivity index is 1.50. The van der Waals surface area contributed by atoms with Crippen LogP contribution in [0.1, 0.15) is 35.5 Å². The number of nitrogens with zero attached hydrogens (tertiary/aromatic N) is 2. The van der Waals surface area contributed by atoms with Crippen molar-refractivity contribution in [3.8, 4) is 5.75 Å². The van der Waals surface area contributed by atoms with E-state index in [1.54, 1.807) is 6.08 Å². The van der Waals surface area contributed by atoms with Gasteiger partial charge in [0.1, 0.15) is 18.2 Å². The summed E-state index contributed by atoms with van der Waals surface area (Å²) in [6.07, 6.45) is 3.37. The molecule has 1 heterocycles. The highest BCUT2D eigenvalue weighted by Gasteiger charge is 2.18. The van der Waals surface area contributed by atoms with Gasteiger partial charge in [0.05, 0.1) is 23.6 Å². The van der Waals surface area contributed by atoms with Gasteiger partial charge in [-0.3, -0.25) is 4.79 Å². The molecule has 1 amide bonds. The predicted octanol–water partition coefficient (Wildman–Crippen LogP) is 5.62. The molecular formula is C28H29N3O2. The molecule has 5 nitrogen and oxygen atoms in total. The first-order valence-electron chi connectivity index (χ1n) is 11.2. The zero-order valence-electron chi connectivity index (χ0n) is 19.3. The van der Waals surface area contributed by atoms with E-state index in [1.807, 2.05) is 67.6 Å². The minimum absolute atomic E-state index is 0.156. The molecule has 0 fully saturated rings. The number of carbonyl (C=O) groups is 1. The standard InChI is InChI=1S/C28H29N3O2/c1-20-10-9-11-21(2)27(20)33-19-18-31-25-15-8-7-14-24(25)30-28(31)22(3)29-26(32)17-16-23-12-5-4-6-13-23/h4-17,22H,18-19H2,1-3H3,(H,29,32)/b17-16-. The van der Waals surface area contributed by atoms with Crippen molar-refractivity contribution < 1.29 is 9.53 Å². The molecule has 4 aromatic rings. The molecule has 0 radical (unpaired) electrons. The predicted molar refractivity (Wildman–Crippen MR) is 133 cm³/mol. The number of imidazole rings is 1. The normalized spacial score (nSPS) is 12.2. The molecule has 168 valence electrons. The molecule has 5 heteroatoms. The first-order chi connectivity index (χ1) is 16.0. The van der Waals surface area contributed by atoms with Crippen LogP contribution in [0.3, 0.4) is 0 Å². The first-order valence-corrected chi connectivity index (χ1v) is 11.2. The number of aryl methyl sites for hydroxylation is 2. The number of para-hydroxylation sites is 3. The van der Waals surface area contributed by atoms with E-state index in [0.29, 0.717) is 13.2 Å². The summed E-state index contributed by atoms with van der Waals surface area (Å²) in [7, 11) is 0. The lowest BCUT2D eigenvalue weighted by Crippen LogP contribution is -2.27. The van der Waals surface area contributed by atoms with Gasteiger partial charge in [-0.2, -0.15) is 0 Å². The highest BCUT2D eigenvalue weighted by Crippen LogP contribution is 2.24. The molecule has 4 rings (SSSR count). The van der Waals surface area contributed by atoms with Crippen LogP contribution < -0.4 is 10.1 Å². The van der Waals surface area contributed by atoms with Gasteiger partial charge in [0.15, 0.2) is 0 Å². The molecule has 0 spiro atoms. The smallest absolute Gasteiger partial charge is 0.244 e. The van der Waals surface area contributed by atoms with Gasteiger partial charge in [0, 0.05) is 6.08 Å². The third kappa shape index (κ3) is 5.32. The van der Waals surface area contributed by atoms with Gasteiger partial charge in [-0.1, -0.05) is 60.7 Å². The van der Waals surface area contributed by atoms with Crippen LogP contribution in [0, 0.1) is 13.8 Å². The molecule has 0 saturated heterocycles. The third-order valence-electron chi connectivity index (χ3n) is 5.63. The molecule has 1 N–H and O–H groups in total. The van der Waals surface area contributed by atoms with Crippen LogP contribution in [0.15, 0.2) is 78.9 Å². The van der Waals surface area contributed by atoms with Crippen molar-refractivity contribution in [3.63, 3.8) is 0 Å². The lowest BCUT2D eigenvalue weighted by Gasteiger charge is -2.17. The van der Waals surface area contributed by atoms with Crippen LogP contribution in [0.2, 0.25) is 0 Å². The Labute approximate surface area is 194 Å². The Morgan fingerprint density at radius 2 is 1.70 bits per heavy atom. The summed E-state index contributed by atoms with van der Waals surface area (Å²) in [5.41, 5.74) is 5.16. The van der Waals surface area contributed by atoms with Crippen molar-refractivity contribution in [2.45, 2.75) is 33.4 Å². The minimum atomic E-state index is -0.259. The zero-order valence-corrected chi connectivity index (χ0v) is 19.3. The minimum Gasteiger partial charge on any atom is -0.491 e. The second kappa shape index (κ2) is 10.2. The summed E-state index contributed by atoms with van der Waals surface area (Å²) in [5, 5.41) is 3.04.